The normalized spacial score (nSPS) is 11.0. The van der Waals surface area contributed by atoms with Crippen LogP contribution < -0.4 is 10.2 Å². The lowest BCUT2D eigenvalue weighted by atomic mass is 10.0. The van der Waals surface area contributed by atoms with Crippen molar-refractivity contribution in [1.82, 2.24) is 0 Å². The number of carboxylic acid groups (broad SMARTS) is 1. The minimum absolute atomic E-state index is 0.182. The zero-order valence-electron chi connectivity index (χ0n) is 14.1. The first kappa shape index (κ1) is 16.8. The molecule has 0 radical (unpaired) electrons. The maximum absolute atomic E-state index is 12.8. The van der Waals surface area contributed by atoms with E-state index < -0.39 is 5.97 Å². The molecule has 0 saturated heterocycles. The minimum Gasteiger partial charge on any atom is -0.489 e. The molecule has 3 aromatic rings. The summed E-state index contributed by atoms with van der Waals surface area (Å²) in [6, 6.07) is 8.38. The first-order valence-electron chi connectivity index (χ1n) is 7.85. The lowest BCUT2D eigenvalue weighted by Crippen LogP contribution is -2.07. The molecule has 3 rings (SSSR count). The van der Waals surface area contributed by atoms with E-state index in [0.29, 0.717) is 45.4 Å². The van der Waals surface area contributed by atoms with E-state index in [2.05, 4.69) is 6.58 Å². The van der Waals surface area contributed by atoms with Crippen molar-refractivity contribution in [2.45, 2.75) is 20.3 Å². The molecule has 0 amide bonds. The van der Waals surface area contributed by atoms with Gasteiger partial charge in [-0.3, -0.25) is 9.59 Å². The summed E-state index contributed by atoms with van der Waals surface area (Å²) in [4.78, 5) is 23.9. The molecule has 1 heterocycles. The number of carboxylic acids is 1. The molecule has 0 aliphatic rings. The fourth-order valence-electron chi connectivity index (χ4n) is 2.77. The fourth-order valence-corrected chi connectivity index (χ4v) is 2.77. The Morgan fingerprint density at radius 3 is 2.60 bits per heavy atom. The third-order valence-electron chi connectivity index (χ3n) is 3.96. The second-order valence-electron chi connectivity index (χ2n) is 6.11. The van der Waals surface area contributed by atoms with Crippen LogP contribution in [0.15, 0.2) is 51.7 Å². The Bertz CT molecular complexity index is 1060. The van der Waals surface area contributed by atoms with Gasteiger partial charge in [0.05, 0.1) is 17.2 Å². The number of hydrogen-bond acceptors (Lipinski definition) is 4. The van der Waals surface area contributed by atoms with E-state index >= 15 is 0 Å². The maximum atomic E-state index is 12.8. The second kappa shape index (κ2) is 6.43. The van der Waals surface area contributed by atoms with Gasteiger partial charge in [-0.05, 0) is 37.6 Å². The van der Waals surface area contributed by atoms with Gasteiger partial charge in [0.25, 0.3) is 0 Å². The average Bonchev–Trinajstić information content (AvgIpc) is 2.55. The van der Waals surface area contributed by atoms with Crippen molar-refractivity contribution in [1.29, 1.82) is 0 Å². The van der Waals surface area contributed by atoms with Gasteiger partial charge >= 0.3 is 5.97 Å². The molecule has 0 fully saturated rings. The number of rotatable bonds is 5. The minimum atomic E-state index is -0.981. The van der Waals surface area contributed by atoms with Crippen molar-refractivity contribution >= 4 is 27.9 Å². The molecular formula is C20H18O5. The van der Waals surface area contributed by atoms with Gasteiger partial charge in [0.2, 0.25) is 5.43 Å². The molecule has 5 heteroatoms. The predicted molar refractivity (Wildman–Crippen MR) is 96.4 cm³/mol. The third-order valence-corrected chi connectivity index (χ3v) is 3.96. The standard InChI is InChI=1S/C20H18O5/c1-11(2)10-24-16-8-7-15-18(23)14-6-4-5-13(9-17(21)22)20(14)25-19(15)12(16)3/h4-8H,1,9-10H2,2-3H3,(H,21,22). The van der Waals surface area contributed by atoms with Crippen molar-refractivity contribution in [2.24, 2.45) is 0 Å². The summed E-state index contributed by atoms with van der Waals surface area (Å²) in [7, 11) is 0. The van der Waals surface area contributed by atoms with Gasteiger partial charge in [0.15, 0.2) is 0 Å². The van der Waals surface area contributed by atoms with Gasteiger partial charge in [0.1, 0.15) is 23.5 Å². The van der Waals surface area contributed by atoms with Gasteiger partial charge in [-0.25, -0.2) is 0 Å². The quantitative estimate of drug-likeness (QED) is 0.565. The Labute approximate surface area is 144 Å². The SMILES string of the molecule is C=C(C)COc1ccc2c(=O)c3cccc(CC(=O)O)c3oc2c1C. The fraction of sp³-hybridized carbons (Fsp3) is 0.200. The Balaban J connectivity index is 2.27. The van der Waals surface area contributed by atoms with Crippen molar-refractivity contribution in [3.05, 3.63) is 63.8 Å². The highest BCUT2D eigenvalue weighted by Crippen LogP contribution is 2.29. The monoisotopic (exact) mass is 338 g/mol. The molecule has 128 valence electrons. The maximum Gasteiger partial charge on any atom is 0.307 e. The van der Waals surface area contributed by atoms with Crippen LogP contribution >= 0.6 is 0 Å². The number of fused-ring (bicyclic) bond motifs is 2. The second-order valence-corrected chi connectivity index (χ2v) is 6.11. The molecular weight excluding hydrogens is 320 g/mol. The number of aryl methyl sites for hydroxylation is 1. The summed E-state index contributed by atoms with van der Waals surface area (Å²) < 4.78 is 11.7. The molecule has 0 aliphatic carbocycles. The van der Waals surface area contributed by atoms with Crippen molar-refractivity contribution in [2.75, 3.05) is 6.61 Å². The van der Waals surface area contributed by atoms with Crippen LogP contribution in [0.3, 0.4) is 0 Å². The molecule has 0 saturated carbocycles. The Morgan fingerprint density at radius 1 is 1.20 bits per heavy atom. The van der Waals surface area contributed by atoms with Gasteiger partial charge in [-0.1, -0.05) is 18.7 Å². The molecule has 0 spiro atoms. The first-order valence-corrected chi connectivity index (χ1v) is 7.85. The zero-order chi connectivity index (χ0) is 18.1. The van der Waals surface area contributed by atoms with E-state index in [0.717, 1.165) is 5.57 Å². The van der Waals surface area contributed by atoms with Crippen LogP contribution in [0.4, 0.5) is 0 Å². The smallest absolute Gasteiger partial charge is 0.307 e. The number of benzene rings is 2. The topological polar surface area (TPSA) is 76.7 Å². The third kappa shape index (κ3) is 3.13. The molecule has 0 unspecified atom stereocenters. The van der Waals surface area contributed by atoms with Gasteiger partial charge in [0, 0.05) is 11.1 Å². The highest BCUT2D eigenvalue weighted by Gasteiger charge is 2.16. The molecule has 1 N–H and O–H groups in total. The van der Waals surface area contributed by atoms with E-state index in [1.807, 2.05) is 13.8 Å². The number of ether oxygens (including phenoxy) is 1. The highest BCUT2D eigenvalue weighted by molar-refractivity contribution is 5.94. The summed E-state index contributed by atoms with van der Waals surface area (Å²) >= 11 is 0. The van der Waals surface area contributed by atoms with Gasteiger partial charge in [-0.15, -0.1) is 0 Å². The summed E-state index contributed by atoms with van der Waals surface area (Å²) in [6.07, 6.45) is -0.212. The van der Waals surface area contributed by atoms with Crippen LogP contribution in [-0.2, 0) is 11.2 Å². The van der Waals surface area contributed by atoms with E-state index in [9.17, 15) is 9.59 Å². The van der Waals surface area contributed by atoms with Crippen molar-refractivity contribution in [3.63, 3.8) is 0 Å². The zero-order valence-corrected chi connectivity index (χ0v) is 14.1. The molecule has 0 aliphatic heterocycles. The van der Waals surface area contributed by atoms with Crippen LogP contribution in [-0.4, -0.2) is 17.7 Å². The van der Waals surface area contributed by atoms with E-state index in [1.54, 1.807) is 30.3 Å². The molecule has 0 atom stereocenters. The van der Waals surface area contributed by atoms with Gasteiger partial charge in [-0.2, -0.15) is 0 Å². The predicted octanol–water partition coefficient (Wildman–Crippen LogP) is 3.84. The summed E-state index contributed by atoms with van der Waals surface area (Å²) in [5.41, 5.74) is 2.58. The average molecular weight is 338 g/mol. The molecule has 25 heavy (non-hydrogen) atoms. The highest BCUT2D eigenvalue weighted by atomic mass is 16.5. The Morgan fingerprint density at radius 2 is 1.92 bits per heavy atom. The summed E-state index contributed by atoms with van der Waals surface area (Å²) in [5, 5.41) is 9.90. The molecule has 1 aromatic heterocycles. The van der Waals surface area contributed by atoms with E-state index in [4.69, 9.17) is 14.3 Å². The summed E-state index contributed by atoms with van der Waals surface area (Å²) in [6.45, 7) is 7.85. The molecule has 2 aromatic carbocycles. The van der Waals surface area contributed by atoms with Crippen LogP contribution in [0, 0.1) is 6.92 Å². The molecule has 0 bridgehead atoms. The molecule has 5 nitrogen and oxygen atoms in total. The number of carbonyl (C=O) groups is 1. The van der Waals surface area contributed by atoms with E-state index in [-0.39, 0.29) is 11.8 Å². The van der Waals surface area contributed by atoms with Crippen molar-refractivity contribution in [3.8, 4) is 5.75 Å². The number of para-hydroxylation sites is 1. The van der Waals surface area contributed by atoms with Crippen LogP contribution in [0.1, 0.15) is 18.1 Å². The van der Waals surface area contributed by atoms with Crippen molar-refractivity contribution < 1.29 is 19.1 Å². The van der Waals surface area contributed by atoms with Crippen LogP contribution in [0.25, 0.3) is 21.9 Å². The van der Waals surface area contributed by atoms with Crippen LogP contribution in [0.2, 0.25) is 0 Å². The Hall–Kier alpha value is -3.08. The number of hydrogen-bond donors (Lipinski definition) is 1. The lowest BCUT2D eigenvalue weighted by Gasteiger charge is -2.12. The first-order chi connectivity index (χ1) is 11.9. The summed E-state index contributed by atoms with van der Waals surface area (Å²) in [5.74, 6) is -0.376. The lowest BCUT2D eigenvalue weighted by molar-refractivity contribution is -0.136. The number of aliphatic carboxylic acids is 1. The van der Waals surface area contributed by atoms with E-state index in [1.165, 1.54) is 0 Å². The largest absolute Gasteiger partial charge is 0.489 e. The Kier molecular flexibility index (Phi) is 4.31. The van der Waals surface area contributed by atoms with Crippen LogP contribution in [0.5, 0.6) is 5.75 Å². The van der Waals surface area contributed by atoms with Gasteiger partial charge < -0.3 is 14.3 Å².